The van der Waals surface area contributed by atoms with Gasteiger partial charge in [-0.2, -0.15) is 0 Å². The predicted octanol–water partition coefficient (Wildman–Crippen LogP) is 2.45. The number of nitrogens with one attached hydrogen (secondary N) is 1. The van der Waals surface area contributed by atoms with Crippen LogP contribution in [0.3, 0.4) is 0 Å². The van der Waals surface area contributed by atoms with Crippen LogP contribution in [0.25, 0.3) is 5.82 Å². The molecule has 1 aromatic carbocycles. The average molecular weight is 348 g/mol. The van der Waals surface area contributed by atoms with Gasteiger partial charge in [-0.3, -0.25) is 9.59 Å². The summed E-state index contributed by atoms with van der Waals surface area (Å²) in [5.41, 5.74) is 8.24. The number of hydrogen-bond donors (Lipinski definition) is 2. The van der Waals surface area contributed by atoms with E-state index in [9.17, 15) is 9.59 Å². The number of primary amides is 1. The molecule has 0 unspecified atom stereocenters. The van der Waals surface area contributed by atoms with Crippen LogP contribution in [0.1, 0.15) is 33.4 Å². The standard InChI is InChI=1S/C20H20N4O2/c1-13-12-16(14(2)24(13)17-10-6-7-11-22-17)20(26)23-18(19(21)25)15-8-4-3-5-9-15/h3-12,18H,1-2H3,(H2,21,25)(H,23,26)/t18-/m0/s1. The third-order valence-electron chi connectivity index (χ3n) is 4.25. The third kappa shape index (κ3) is 3.35. The molecule has 3 rings (SSSR count). The Kier molecular flexibility index (Phi) is 4.84. The SMILES string of the molecule is Cc1cc(C(=O)N[C@H](C(N)=O)c2ccccc2)c(C)n1-c1ccccn1. The summed E-state index contributed by atoms with van der Waals surface area (Å²) in [6, 6.07) is 15.4. The summed E-state index contributed by atoms with van der Waals surface area (Å²) < 4.78 is 1.90. The van der Waals surface area contributed by atoms with Gasteiger partial charge >= 0.3 is 0 Å². The molecule has 2 aromatic heterocycles. The molecule has 0 aliphatic heterocycles. The molecular formula is C20H20N4O2. The average Bonchev–Trinajstić information content (AvgIpc) is 2.95. The van der Waals surface area contributed by atoms with Gasteiger partial charge in [-0.1, -0.05) is 36.4 Å². The second-order valence-corrected chi connectivity index (χ2v) is 6.03. The largest absolute Gasteiger partial charge is 0.368 e. The first-order chi connectivity index (χ1) is 12.5. The van der Waals surface area contributed by atoms with Gasteiger partial charge in [0, 0.05) is 17.6 Å². The first kappa shape index (κ1) is 17.4. The van der Waals surface area contributed by atoms with E-state index >= 15 is 0 Å². The molecule has 0 aliphatic carbocycles. The molecule has 26 heavy (non-hydrogen) atoms. The van der Waals surface area contributed by atoms with Crippen LogP contribution in [0.15, 0.2) is 60.8 Å². The number of nitrogens with two attached hydrogens (primary N) is 1. The molecule has 0 saturated carbocycles. The topological polar surface area (TPSA) is 90.0 Å². The van der Waals surface area contributed by atoms with E-state index in [0.29, 0.717) is 11.1 Å². The lowest BCUT2D eigenvalue weighted by Gasteiger charge is -2.16. The second kappa shape index (κ2) is 7.23. The van der Waals surface area contributed by atoms with Crippen molar-refractivity contribution in [2.45, 2.75) is 19.9 Å². The van der Waals surface area contributed by atoms with Gasteiger partial charge in [0.25, 0.3) is 5.91 Å². The van der Waals surface area contributed by atoms with Gasteiger partial charge in [0.15, 0.2) is 0 Å². The van der Waals surface area contributed by atoms with Gasteiger partial charge in [0.2, 0.25) is 5.91 Å². The molecule has 6 nitrogen and oxygen atoms in total. The molecule has 0 aliphatic rings. The number of hydrogen-bond acceptors (Lipinski definition) is 3. The Morgan fingerprint density at radius 1 is 1.08 bits per heavy atom. The van der Waals surface area contributed by atoms with Crippen molar-refractivity contribution in [2.75, 3.05) is 0 Å². The van der Waals surface area contributed by atoms with Crippen LogP contribution in [0, 0.1) is 13.8 Å². The highest BCUT2D eigenvalue weighted by atomic mass is 16.2. The molecule has 1 atom stereocenters. The monoisotopic (exact) mass is 348 g/mol. The fourth-order valence-corrected chi connectivity index (χ4v) is 3.00. The zero-order chi connectivity index (χ0) is 18.7. The second-order valence-electron chi connectivity index (χ2n) is 6.03. The maximum Gasteiger partial charge on any atom is 0.254 e. The Labute approximate surface area is 151 Å². The van der Waals surface area contributed by atoms with Crippen molar-refractivity contribution >= 4 is 11.8 Å². The lowest BCUT2D eigenvalue weighted by atomic mass is 10.1. The predicted molar refractivity (Wildman–Crippen MR) is 98.9 cm³/mol. The zero-order valence-electron chi connectivity index (χ0n) is 14.6. The molecule has 2 amide bonds. The Balaban J connectivity index is 1.92. The minimum atomic E-state index is -0.887. The molecule has 132 valence electrons. The Hall–Kier alpha value is -3.41. The molecular weight excluding hydrogens is 328 g/mol. The molecule has 0 radical (unpaired) electrons. The number of pyridine rings is 1. The van der Waals surface area contributed by atoms with Gasteiger partial charge in [0.1, 0.15) is 11.9 Å². The highest BCUT2D eigenvalue weighted by Crippen LogP contribution is 2.21. The number of carbonyl (C=O) groups is 2. The summed E-state index contributed by atoms with van der Waals surface area (Å²) >= 11 is 0. The van der Waals surface area contributed by atoms with Crippen molar-refractivity contribution in [2.24, 2.45) is 5.73 Å². The minimum Gasteiger partial charge on any atom is -0.368 e. The number of amides is 2. The van der Waals surface area contributed by atoms with E-state index in [0.717, 1.165) is 17.2 Å². The summed E-state index contributed by atoms with van der Waals surface area (Å²) in [4.78, 5) is 29.0. The summed E-state index contributed by atoms with van der Waals surface area (Å²) in [6.07, 6.45) is 1.70. The summed E-state index contributed by atoms with van der Waals surface area (Å²) in [7, 11) is 0. The Bertz CT molecular complexity index is 933. The first-order valence-corrected chi connectivity index (χ1v) is 8.24. The molecule has 0 bridgehead atoms. The van der Waals surface area contributed by atoms with Crippen LogP contribution >= 0.6 is 0 Å². The van der Waals surface area contributed by atoms with Gasteiger partial charge in [0.05, 0.1) is 5.56 Å². The molecule has 3 N–H and O–H groups in total. The zero-order valence-corrected chi connectivity index (χ0v) is 14.6. The van der Waals surface area contributed by atoms with Crippen LogP contribution in [-0.4, -0.2) is 21.4 Å². The Morgan fingerprint density at radius 3 is 2.38 bits per heavy atom. The lowest BCUT2D eigenvalue weighted by molar-refractivity contribution is -0.120. The molecule has 0 fully saturated rings. The molecule has 0 saturated heterocycles. The van der Waals surface area contributed by atoms with Crippen molar-refractivity contribution in [1.29, 1.82) is 0 Å². The van der Waals surface area contributed by atoms with E-state index in [-0.39, 0.29) is 5.91 Å². The normalized spacial score (nSPS) is 11.8. The van der Waals surface area contributed by atoms with Crippen molar-refractivity contribution in [1.82, 2.24) is 14.9 Å². The number of benzene rings is 1. The molecule has 6 heteroatoms. The lowest BCUT2D eigenvalue weighted by Crippen LogP contribution is -2.37. The third-order valence-corrected chi connectivity index (χ3v) is 4.25. The highest BCUT2D eigenvalue weighted by molar-refractivity contribution is 5.98. The smallest absolute Gasteiger partial charge is 0.254 e. The van der Waals surface area contributed by atoms with Crippen molar-refractivity contribution in [3.8, 4) is 5.82 Å². The Morgan fingerprint density at radius 2 is 1.77 bits per heavy atom. The van der Waals surface area contributed by atoms with Gasteiger partial charge in [-0.15, -0.1) is 0 Å². The van der Waals surface area contributed by atoms with Gasteiger partial charge in [-0.25, -0.2) is 4.98 Å². The van der Waals surface area contributed by atoms with Gasteiger partial charge in [-0.05, 0) is 37.6 Å². The van der Waals surface area contributed by atoms with E-state index in [4.69, 9.17) is 5.73 Å². The number of rotatable bonds is 5. The molecule has 2 heterocycles. The van der Waals surface area contributed by atoms with Crippen molar-refractivity contribution < 1.29 is 9.59 Å². The van der Waals surface area contributed by atoms with E-state index < -0.39 is 11.9 Å². The number of aromatic nitrogens is 2. The van der Waals surface area contributed by atoms with E-state index in [1.807, 2.05) is 42.7 Å². The van der Waals surface area contributed by atoms with Crippen LogP contribution in [0.5, 0.6) is 0 Å². The van der Waals surface area contributed by atoms with E-state index in [2.05, 4.69) is 10.3 Å². The summed E-state index contributed by atoms with van der Waals surface area (Å²) in [5, 5.41) is 2.73. The maximum absolute atomic E-state index is 12.8. The quantitative estimate of drug-likeness (QED) is 0.742. The van der Waals surface area contributed by atoms with Crippen LogP contribution < -0.4 is 11.1 Å². The molecule has 0 spiro atoms. The number of carbonyl (C=O) groups excluding carboxylic acids is 2. The maximum atomic E-state index is 12.8. The van der Waals surface area contributed by atoms with Crippen LogP contribution in [-0.2, 0) is 4.79 Å². The number of nitrogens with zero attached hydrogens (tertiary/aromatic N) is 2. The van der Waals surface area contributed by atoms with Crippen LogP contribution in [0.4, 0.5) is 0 Å². The van der Waals surface area contributed by atoms with Crippen molar-refractivity contribution in [3.63, 3.8) is 0 Å². The van der Waals surface area contributed by atoms with Gasteiger partial charge < -0.3 is 15.6 Å². The summed E-state index contributed by atoms with van der Waals surface area (Å²) in [6.45, 7) is 3.75. The summed E-state index contributed by atoms with van der Waals surface area (Å²) in [5.74, 6) is -0.230. The van der Waals surface area contributed by atoms with Crippen LogP contribution in [0.2, 0.25) is 0 Å². The van der Waals surface area contributed by atoms with E-state index in [1.54, 1.807) is 36.5 Å². The van der Waals surface area contributed by atoms with Crippen molar-refractivity contribution in [3.05, 3.63) is 83.3 Å². The minimum absolute atomic E-state index is 0.354. The highest BCUT2D eigenvalue weighted by Gasteiger charge is 2.23. The molecule has 3 aromatic rings. The first-order valence-electron chi connectivity index (χ1n) is 8.24. The fraction of sp³-hybridized carbons (Fsp3) is 0.150. The van der Waals surface area contributed by atoms with E-state index in [1.165, 1.54) is 0 Å². The fourth-order valence-electron chi connectivity index (χ4n) is 3.00. The number of aryl methyl sites for hydroxylation is 1.